The van der Waals surface area contributed by atoms with Gasteiger partial charge in [0.25, 0.3) is 10.0 Å². The number of hydrogen-bond donors (Lipinski definition) is 1. The molecular formula is C21H24ClF3N2O3S. The standard InChI is InChI=1S/C21H24ClF3N2O3S/c1-4-5-15(3)26-20(28)13-27(31(29,30)17-9-6-14(2)7-10-17)16-8-11-19(22)18(12-16)21(23,24)25/h6-12,15H,4-5,13H2,1-3H3,(H,26,28)/t15-/m0/s1. The maximum absolute atomic E-state index is 13.3. The Bertz CT molecular complexity index is 1030. The molecule has 0 aliphatic heterocycles. The summed E-state index contributed by atoms with van der Waals surface area (Å²) in [6.07, 6.45) is -3.31. The van der Waals surface area contributed by atoms with Gasteiger partial charge in [0.2, 0.25) is 5.91 Å². The summed E-state index contributed by atoms with van der Waals surface area (Å²) in [5, 5.41) is 2.11. The first-order valence-corrected chi connectivity index (χ1v) is 11.4. The quantitative estimate of drug-likeness (QED) is 0.571. The lowest BCUT2D eigenvalue weighted by Crippen LogP contribution is -2.43. The van der Waals surface area contributed by atoms with E-state index in [4.69, 9.17) is 11.6 Å². The molecule has 5 nitrogen and oxygen atoms in total. The van der Waals surface area contributed by atoms with Crippen LogP contribution in [0.25, 0.3) is 0 Å². The van der Waals surface area contributed by atoms with Crippen LogP contribution in [0.4, 0.5) is 18.9 Å². The van der Waals surface area contributed by atoms with Crippen LogP contribution in [0.5, 0.6) is 0 Å². The van der Waals surface area contributed by atoms with Gasteiger partial charge in [0.05, 0.1) is 21.2 Å². The Labute approximate surface area is 185 Å². The number of nitrogens with zero attached hydrogens (tertiary/aromatic N) is 1. The minimum atomic E-state index is -4.79. The van der Waals surface area contributed by atoms with E-state index in [0.29, 0.717) is 16.8 Å². The number of aryl methyl sites for hydroxylation is 1. The van der Waals surface area contributed by atoms with Crippen LogP contribution in [0.3, 0.4) is 0 Å². The summed E-state index contributed by atoms with van der Waals surface area (Å²) in [7, 11) is -4.33. The number of carbonyl (C=O) groups is 1. The monoisotopic (exact) mass is 476 g/mol. The highest BCUT2D eigenvalue weighted by atomic mass is 35.5. The van der Waals surface area contributed by atoms with Crippen LogP contribution in [-0.4, -0.2) is 26.9 Å². The van der Waals surface area contributed by atoms with E-state index in [9.17, 15) is 26.4 Å². The second-order valence-corrected chi connectivity index (χ2v) is 9.51. The zero-order valence-electron chi connectivity index (χ0n) is 17.3. The van der Waals surface area contributed by atoms with Crippen LogP contribution >= 0.6 is 11.6 Å². The summed E-state index contributed by atoms with van der Waals surface area (Å²) in [6.45, 7) is 4.79. The van der Waals surface area contributed by atoms with Crippen molar-refractivity contribution in [1.82, 2.24) is 5.32 Å². The maximum atomic E-state index is 13.3. The van der Waals surface area contributed by atoms with Gasteiger partial charge >= 0.3 is 6.18 Å². The van der Waals surface area contributed by atoms with Crippen molar-refractivity contribution >= 4 is 33.2 Å². The Kier molecular flexibility index (Phi) is 7.99. The number of nitrogens with one attached hydrogen (secondary N) is 1. The van der Waals surface area contributed by atoms with Gasteiger partial charge in [-0.15, -0.1) is 0 Å². The van der Waals surface area contributed by atoms with Gasteiger partial charge in [-0.1, -0.05) is 42.6 Å². The molecule has 0 heterocycles. The normalized spacial score (nSPS) is 13.0. The number of carbonyl (C=O) groups excluding carboxylic acids is 1. The summed E-state index contributed by atoms with van der Waals surface area (Å²) < 4.78 is 67.2. The Morgan fingerprint density at radius 3 is 2.32 bits per heavy atom. The van der Waals surface area contributed by atoms with Crippen LogP contribution in [0.2, 0.25) is 5.02 Å². The molecule has 170 valence electrons. The second-order valence-electron chi connectivity index (χ2n) is 7.24. The zero-order chi connectivity index (χ0) is 23.4. The Morgan fingerprint density at radius 2 is 1.77 bits per heavy atom. The largest absolute Gasteiger partial charge is 0.417 e. The van der Waals surface area contributed by atoms with E-state index < -0.39 is 39.2 Å². The molecule has 0 bridgehead atoms. The highest BCUT2D eigenvalue weighted by Gasteiger charge is 2.35. The molecular weight excluding hydrogens is 453 g/mol. The number of rotatable bonds is 8. The molecule has 2 rings (SSSR count). The van der Waals surface area contributed by atoms with Crippen molar-refractivity contribution in [3.63, 3.8) is 0 Å². The van der Waals surface area contributed by atoms with Gasteiger partial charge in [-0.3, -0.25) is 9.10 Å². The zero-order valence-corrected chi connectivity index (χ0v) is 18.9. The Morgan fingerprint density at radius 1 is 1.16 bits per heavy atom. The lowest BCUT2D eigenvalue weighted by atomic mass is 10.2. The average molecular weight is 477 g/mol. The van der Waals surface area contributed by atoms with Crippen molar-refractivity contribution in [2.24, 2.45) is 0 Å². The number of halogens is 4. The highest BCUT2D eigenvalue weighted by molar-refractivity contribution is 7.92. The number of hydrogen-bond acceptors (Lipinski definition) is 3. The maximum Gasteiger partial charge on any atom is 0.417 e. The van der Waals surface area contributed by atoms with E-state index in [1.165, 1.54) is 12.1 Å². The number of sulfonamides is 1. The number of benzene rings is 2. The molecule has 10 heteroatoms. The Hall–Kier alpha value is -2.26. The summed E-state index contributed by atoms with van der Waals surface area (Å²) >= 11 is 5.68. The predicted molar refractivity (Wildman–Crippen MR) is 115 cm³/mol. The molecule has 1 amide bonds. The number of alkyl halides is 3. The van der Waals surface area contributed by atoms with Gasteiger partial charge in [0.1, 0.15) is 6.54 Å². The second kappa shape index (κ2) is 9.91. The van der Waals surface area contributed by atoms with Crippen molar-refractivity contribution in [2.75, 3.05) is 10.8 Å². The summed E-state index contributed by atoms with van der Waals surface area (Å²) in [5.41, 5.74) is -0.686. The third kappa shape index (κ3) is 6.36. The topological polar surface area (TPSA) is 66.5 Å². The van der Waals surface area contributed by atoms with E-state index >= 15 is 0 Å². The van der Waals surface area contributed by atoms with Crippen molar-refractivity contribution in [3.05, 3.63) is 58.6 Å². The van der Waals surface area contributed by atoms with Gasteiger partial charge in [0.15, 0.2) is 0 Å². The number of anilines is 1. The molecule has 0 aliphatic rings. The third-order valence-corrected chi connectivity index (χ3v) is 6.69. The summed E-state index contributed by atoms with van der Waals surface area (Å²) in [4.78, 5) is 12.4. The molecule has 2 aromatic rings. The average Bonchev–Trinajstić information content (AvgIpc) is 2.66. The van der Waals surface area contributed by atoms with Crippen LogP contribution < -0.4 is 9.62 Å². The van der Waals surface area contributed by atoms with Crippen molar-refractivity contribution < 1.29 is 26.4 Å². The molecule has 2 aromatic carbocycles. The van der Waals surface area contributed by atoms with Crippen molar-refractivity contribution in [3.8, 4) is 0 Å². The molecule has 0 aliphatic carbocycles. The Balaban J connectivity index is 2.53. The van der Waals surface area contributed by atoms with Crippen LogP contribution in [0.1, 0.15) is 37.8 Å². The van der Waals surface area contributed by atoms with Gasteiger partial charge < -0.3 is 5.32 Å². The minimum absolute atomic E-state index is 0.143. The van der Waals surface area contributed by atoms with E-state index in [-0.39, 0.29) is 16.6 Å². The smallest absolute Gasteiger partial charge is 0.352 e. The van der Waals surface area contributed by atoms with Crippen molar-refractivity contribution in [1.29, 1.82) is 0 Å². The van der Waals surface area contributed by atoms with Crippen LogP contribution in [0, 0.1) is 6.92 Å². The first-order valence-electron chi connectivity index (χ1n) is 9.61. The lowest BCUT2D eigenvalue weighted by molar-refractivity contribution is -0.137. The van der Waals surface area contributed by atoms with E-state index in [1.807, 2.05) is 6.92 Å². The molecule has 0 saturated carbocycles. The van der Waals surface area contributed by atoms with Gasteiger partial charge in [-0.05, 0) is 50.6 Å². The SMILES string of the molecule is CCC[C@H](C)NC(=O)CN(c1ccc(Cl)c(C(F)(F)F)c1)S(=O)(=O)c1ccc(C)cc1. The lowest BCUT2D eigenvalue weighted by Gasteiger charge is -2.26. The molecule has 0 aromatic heterocycles. The highest BCUT2D eigenvalue weighted by Crippen LogP contribution is 2.38. The minimum Gasteiger partial charge on any atom is -0.352 e. The third-order valence-electron chi connectivity index (χ3n) is 4.57. The molecule has 0 unspecified atom stereocenters. The fraction of sp³-hybridized carbons (Fsp3) is 0.381. The van der Waals surface area contributed by atoms with E-state index in [0.717, 1.165) is 24.1 Å². The van der Waals surface area contributed by atoms with Crippen molar-refractivity contribution in [2.45, 2.75) is 50.7 Å². The molecule has 31 heavy (non-hydrogen) atoms. The first kappa shape index (κ1) is 25.0. The van der Waals surface area contributed by atoms with Gasteiger partial charge in [0, 0.05) is 6.04 Å². The molecule has 0 spiro atoms. The fourth-order valence-corrected chi connectivity index (χ4v) is 4.63. The van der Waals surface area contributed by atoms with Gasteiger partial charge in [-0.2, -0.15) is 13.2 Å². The summed E-state index contributed by atoms with van der Waals surface area (Å²) in [5.74, 6) is -0.625. The fourth-order valence-electron chi connectivity index (χ4n) is 2.99. The molecule has 1 N–H and O–H groups in total. The molecule has 0 saturated heterocycles. The summed E-state index contributed by atoms with van der Waals surface area (Å²) in [6, 6.07) is 8.36. The van der Waals surface area contributed by atoms with Crippen LogP contribution in [-0.2, 0) is 21.0 Å². The molecule has 0 fully saturated rings. The van der Waals surface area contributed by atoms with Gasteiger partial charge in [-0.25, -0.2) is 8.42 Å². The first-order chi connectivity index (χ1) is 14.4. The molecule has 0 radical (unpaired) electrons. The predicted octanol–water partition coefficient (Wildman–Crippen LogP) is 5.17. The number of amides is 1. The molecule has 1 atom stereocenters. The van der Waals surface area contributed by atoms with E-state index in [2.05, 4.69) is 5.32 Å². The van der Waals surface area contributed by atoms with Crippen LogP contribution in [0.15, 0.2) is 47.4 Å². The van der Waals surface area contributed by atoms with E-state index in [1.54, 1.807) is 26.0 Å².